The van der Waals surface area contributed by atoms with Gasteiger partial charge in [0.1, 0.15) is 0 Å². The summed E-state index contributed by atoms with van der Waals surface area (Å²) in [6.45, 7) is 4.80. The molecule has 130 valence electrons. The van der Waals surface area contributed by atoms with Crippen LogP contribution in [-0.4, -0.2) is 21.9 Å². The molecule has 0 saturated carbocycles. The van der Waals surface area contributed by atoms with Gasteiger partial charge in [-0.3, -0.25) is 0 Å². The molecule has 0 amide bonds. The molecule has 1 aromatic heterocycles. The summed E-state index contributed by atoms with van der Waals surface area (Å²) in [6.07, 6.45) is 8.42. The molecule has 24 heavy (non-hydrogen) atoms. The number of ether oxygens (including phenoxy) is 2. The van der Waals surface area contributed by atoms with Crippen LogP contribution in [0.2, 0.25) is 10.0 Å². The highest BCUT2D eigenvalue weighted by Gasteiger charge is 2.31. The summed E-state index contributed by atoms with van der Waals surface area (Å²) in [5.74, 6) is 0. The summed E-state index contributed by atoms with van der Waals surface area (Å²) < 4.78 is 14.4. The van der Waals surface area contributed by atoms with Crippen molar-refractivity contribution in [2.24, 2.45) is 0 Å². The SMILES string of the molecule is CC(C)(O[C@H]1CCC[C@H](Cn2ccnc2)O1)c1ccc(Cl)cc1Cl. The van der Waals surface area contributed by atoms with Crippen LogP contribution in [0.15, 0.2) is 36.9 Å². The molecule has 0 unspecified atom stereocenters. The van der Waals surface area contributed by atoms with Crippen LogP contribution in [0, 0.1) is 0 Å². The summed E-state index contributed by atoms with van der Waals surface area (Å²) in [5.41, 5.74) is 0.359. The number of rotatable bonds is 5. The van der Waals surface area contributed by atoms with Crippen molar-refractivity contribution in [3.05, 3.63) is 52.5 Å². The Hall–Kier alpha value is -1.07. The third-order valence-corrected chi connectivity index (χ3v) is 4.84. The normalized spacial score (nSPS) is 21.8. The van der Waals surface area contributed by atoms with Crippen molar-refractivity contribution in [3.8, 4) is 0 Å². The minimum Gasteiger partial charge on any atom is -0.348 e. The summed E-state index contributed by atoms with van der Waals surface area (Å²) in [4.78, 5) is 4.07. The predicted molar refractivity (Wildman–Crippen MR) is 95.3 cm³/mol. The van der Waals surface area contributed by atoms with Gasteiger partial charge in [-0.25, -0.2) is 4.98 Å². The van der Waals surface area contributed by atoms with Gasteiger partial charge in [0, 0.05) is 34.5 Å². The van der Waals surface area contributed by atoms with E-state index in [1.807, 2.05) is 43.1 Å². The lowest BCUT2D eigenvalue weighted by molar-refractivity contribution is -0.242. The maximum Gasteiger partial charge on any atom is 0.159 e. The Bertz CT molecular complexity index is 674. The highest BCUT2D eigenvalue weighted by atomic mass is 35.5. The second-order valence-electron chi connectivity index (χ2n) is 6.63. The van der Waals surface area contributed by atoms with E-state index in [1.54, 1.807) is 12.3 Å². The average Bonchev–Trinajstić information content (AvgIpc) is 2.99. The largest absolute Gasteiger partial charge is 0.348 e. The second kappa shape index (κ2) is 7.44. The average molecular weight is 369 g/mol. The Balaban J connectivity index is 1.65. The Morgan fingerprint density at radius 1 is 1.33 bits per heavy atom. The van der Waals surface area contributed by atoms with Gasteiger partial charge in [-0.05, 0) is 45.2 Å². The van der Waals surface area contributed by atoms with Crippen LogP contribution >= 0.6 is 23.2 Å². The molecule has 0 spiro atoms. The molecule has 2 aromatic rings. The lowest BCUT2D eigenvalue weighted by Gasteiger charge is -2.36. The van der Waals surface area contributed by atoms with Crippen molar-refractivity contribution >= 4 is 23.2 Å². The van der Waals surface area contributed by atoms with Gasteiger partial charge in [-0.15, -0.1) is 0 Å². The first-order valence-corrected chi connectivity index (χ1v) is 8.94. The second-order valence-corrected chi connectivity index (χ2v) is 7.47. The van der Waals surface area contributed by atoms with Gasteiger partial charge in [0.25, 0.3) is 0 Å². The standard InChI is InChI=1S/C18H22Cl2N2O2/c1-18(2,15-7-6-13(19)10-16(15)20)24-17-5-3-4-14(23-17)11-22-9-8-21-12-22/h6-10,12,14,17H,3-5,11H2,1-2H3/t14-,17+/m1/s1. The first-order chi connectivity index (χ1) is 11.4. The van der Waals surface area contributed by atoms with Crippen molar-refractivity contribution in [1.82, 2.24) is 9.55 Å². The van der Waals surface area contributed by atoms with Crippen LogP contribution in [0.5, 0.6) is 0 Å². The number of hydrogen-bond acceptors (Lipinski definition) is 3. The van der Waals surface area contributed by atoms with Gasteiger partial charge in [-0.1, -0.05) is 29.3 Å². The van der Waals surface area contributed by atoms with E-state index in [0.717, 1.165) is 31.4 Å². The fraction of sp³-hybridized carbons (Fsp3) is 0.500. The smallest absolute Gasteiger partial charge is 0.159 e. The lowest BCUT2D eigenvalue weighted by atomic mass is 9.97. The molecule has 6 heteroatoms. The molecular formula is C18H22Cl2N2O2. The topological polar surface area (TPSA) is 36.3 Å². The molecule has 0 N–H and O–H groups in total. The third kappa shape index (κ3) is 4.31. The van der Waals surface area contributed by atoms with E-state index in [1.165, 1.54) is 0 Å². The van der Waals surface area contributed by atoms with E-state index in [0.29, 0.717) is 10.0 Å². The Labute approximate surface area is 152 Å². The van der Waals surface area contributed by atoms with Crippen LogP contribution in [0.4, 0.5) is 0 Å². The highest BCUT2D eigenvalue weighted by Crippen LogP contribution is 2.35. The molecule has 3 rings (SSSR count). The molecule has 4 nitrogen and oxygen atoms in total. The van der Waals surface area contributed by atoms with E-state index in [2.05, 4.69) is 4.98 Å². The van der Waals surface area contributed by atoms with Crippen LogP contribution < -0.4 is 0 Å². The zero-order chi connectivity index (χ0) is 17.2. The molecule has 2 heterocycles. The zero-order valence-corrected chi connectivity index (χ0v) is 15.4. The van der Waals surface area contributed by atoms with E-state index in [9.17, 15) is 0 Å². The number of benzene rings is 1. The molecule has 1 fully saturated rings. The fourth-order valence-corrected chi connectivity index (χ4v) is 3.72. The van der Waals surface area contributed by atoms with Crippen LogP contribution in [0.1, 0.15) is 38.7 Å². The molecule has 1 aliphatic heterocycles. The minimum atomic E-state index is -0.552. The quantitative estimate of drug-likeness (QED) is 0.741. The predicted octanol–water partition coefficient (Wildman–Crippen LogP) is 5.04. The molecule has 0 aliphatic carbocycles. The van der Waals surface area contributed by atoms with Gasteiger partial charge in [0.2, 0.25) is 0 Å². The van der Waals surface area contributed by atoms with Gasteiger partial charge < -0.3 is 14.0 Å². The maximum absolute atomic E-state index is 6.34. The van der Waals surface area contributed by atoms with E-state index >= 15 is 0 Å². The number of nitrogens with zero attached hydrogens (tertiary/aromatic N) is 2. The molecule has 2 atom stereocenters. The Morgan fingerprint density at radius 3 is 2.88 bits per heavy atom. The highest BCUT2D eigenvalue weighted by molar-refractivity contribution is 6.35. The Morgan fingerprint density at radius 2 is 2.17 bits per heavy atom. The van der Waals surface area contributed by atoms with E-state index in [4.69, 9.17) is 32.7 Å². The number of halogens is 2. The van der Waals surface area contributed by atoms with Crippen molar-refractivity contribution in [1.29, 1.82) is 0 Å². The van der Waals surface area contributed by atoms with Gasteiger partial charge in [-0.2, -0.15) is 0 Å². The molecule has 1 aliphatic rings. The van der Waals surface area contributed by atoms with Gasteiger partial charge >= 0.3 is 0 Å². The van der Waals surface area contributed by atoms with Crippen molar-refractivity contribution in [3.63, 3.8) is 0 Å². The van der Waals surface area contributed by atoms with Crippen molar-refractivity contribution in [2.75, 3.05) is 0 Å². The molecule has 0 bridgehead atoms. The summed E-state index contributed by atoms with van der Waals surface area (Å²) in [5, 5.41) is 1.23. The Kier molecular flexibility index (Phi) is 5.50. The minimum absolute atomic E-state index is 0.134. The van der Waals surface area contributed by atoms with Crippen LogP contribution in [-0.2, 0) is 21.6 Å². The van der Waals surface area contributed by atoms with E-state index in [-0.39, 0.29) is 12.4 Å². The van der Waals surface area contributed by atoms with Crippen molar-refractivity contribution < 1.29 is 9.47 Å². The number of hydrogen-bond donors (Lipinski definition) is 0. The lowest BCUT2D eigenvalue weighted by Crippen LogP contribution is -2.37. The summed E-state index contributed by atoms with van der Waals surface area (Å²) in [6, 6.07) is 5.49. The summed E-state index contributed by atoms with van der Waals surface area (Å²) in [7, 11) is 0. The monoisotopic (exact) mass is 368 g/mol. The maximum atomic E-state index is 6.34. The first-order valence-electron chi connectivity index (χ1n) is 8.18. The number of aromatic nitrogens is 2. The van der Waals surface area contributed by atoms with Crippen LogP contribution in [0.3, 0.4) is 0 Å². The van der Waals surface area contributed by atoms with Gasteiger partial charge in [0.15, 0.2) is 6.29 Å². The third-order valence-electron chi connectivity index (χ3n) is 4.29. The summed E-state index contributed by atoms with van der Waals surface area (Å²) >= 11 is 12.3. The zero-order valence-electron chi connectivity index (χ0n) is 13.9. The van der Waals surface area contributed by atoms with Gasteiger partial charge in [0.05, 0.1) is 18.0 Å². The molecular weight excluding hydrogens is 347 g/mol. The molecule has 1 aromatic carbocycles. The number of imidazole rings is 1. The van der Waals surface area contributed by atoms with E-state index < -0.39 is 5.60 Å². The van der Waals surface area contributed by atoms with Crippen molar-refractivity contribution in [2.45, 2.75) is 57.6 Å². The van der Waals surface area contributed by atoms with Crippen LogP contribution in [0.25, 0.3) is 0 Å². The molecule has 0 radical (unpaired) electrons. The molecule has 1 saturated heterocycles. The fourth-order valence-electron chi connectivity index (χ4n) is 3.08. The first kappa shape index (κ1) is 17.7.